The van der Waals surface area contributed by atoms with Gasteiger partial charge in [0.15, 0.2) is 0 Å². The van der Waals surface area contributed by atoms with E-state index in [-0.39, 0.29) is 0 Å². The second-order valence-electron chi connectivity index (χ2n) is 3.12. The Morgan fingerprint density at radius 1 is 1.38 bits per heavy atom. The largest absolute Gasteiger partial charge is 0.481 e. The molecule has 2 heterocycles. The van der Waals surface area contributed by atoms with Crippen molar-refractivity contribution in [2.75, 3.05) is 12.4 Å². The van der Waals surface area contributed by atoms with Crippen molar-refractivity contribution in [2.24, 2.45) is 0 Å². The minimum absolute atomic E-state index is 0.623. The quantitative estimate of drug-likeness (QED) is 0.938. The van der Waals surface area contributed by atoms with Gasteiger partial charge >= 0.3 is 0 Å². The van der Waals surface area contributed by atoms with Crippen LogP contribution in [0.15, 0.2) is 34.1 Å². The zero-order valence-electron chi connectivity index (χ0n) is 8.74. The number of anilines is 1. The van der Waals surface area contributed by atoms with Gasteiger partial charge < -0.3 is 10.1 Å². The van der Waals surface area contributed by atoms with Crippen molar-refractivity contribution in [1.29, 1.82) is 0 Å². The first-order valence-electron chi connectivity index (χ1n) is 4.77. The van der Waals surface area contributed by atoms with Gasteiger partial charge in [-0.2, -0.15) is 4.98 Å². The lowest BCUT2D eigenvalue weighted by Crippen LogP contribution is -2.00. The molecule has 5 heteroatoms. The van der Waals surface area contributed by atoms with Crippen molar-refractivity contribution in [1.82, 2.24) is 4.98 Å². The number of methoxy groups -OCH3 is 1. The number of pyridine rings is 1. The first-order valence-corrected chi connectivity index (χ1v) is 6.38. The zero-order valence-corrected chi connectivity index (χ0v) is 11.1. The summed E-state index contributed by atoms with van der Waals surface area (Å²) in [7, 11) is 1.61. The van der Waals surface area contributed by atoms with Gasteiger partial charge in [-0.3, -0.25) is 0 Å². The minimum atomic E-state index is 0.623. The lowest BCUT2D eigenvalue weighted by Gasteiger charge is -2.05. The molecule has 2 aromatic rings. The van der Waals surface area contributed by atoms with Gasteiger partial charge in [0.2, 0.25) is 5.88 Å². The Balaban J connectivity index is 1.99. The fourth-order valence-corrected chi connectivity index (χ4v) is 2.67. The van der Waals surface area contributed by atoms with Gasteiger partial charge in [0.1, 0.15) is 5.82 Å². The first kappa shape index (κ1) is 11.4. The second kappa shape index (κ2) is 5.32. The molecule has 84 valence electrons. The van der Waals surface area contributed by atoms with Crippen LogP contribution in [-0.4, -0.2) is 12.1 Å². The summed E-state index contributed by atoms with van der Waals surface area (Å²) in [4.78, 5) is 5.53. The molecular formula is C11H11BrN2OS. The minimum Gasteiger partial charge on any atom is -0.481 e. The molecule has 0 aromatic carbocycles. The summed E-state index contributed by atoms with van der Waals surface area (Å²) in [6.07, 6.45) is 0. The predicted molar refractivity (Wildman–Crippen MR) is 70.1 cm³/mol. The molecule has 0 unspecified atom stereocenters. The highest BCUT2D eigenvalue weighted by molar-refractivity contribution is 9.11. The summed E-state index contributed by atoms with van der Waals surface area (Å²) in [5.74, 6) is 1.45. The van der Waals surface area contributed by atoms with E-state index in [1.54, 1.807) is 18.4 Å². The summed E-state index contributed by atoms with van der Waals surface area (Å²) in [5, 5.41) is 3.25. The number of thiophene rings is 1. The fourth-order valence-electron chi connectivity index (χ4n) is 1.25. The normalized spacial score (nSPS) is 10.1. The lowest BCUT2D eigenvalue weighted by atomic mass is 10.4. The number of halogens is 1. The zero-order chi connectivity index (χ0) is 11.4. The monoisotopic (exact) mass is 298 g/mol. The van der Waals surface area contributed by atoms with Crippen LogP contribution in [0.4, 0.5) is 5.82 Å². The number of nitrogens with one attached hydrogen (secondary N) is 1. The van der Waals surface area contributed by atoms with Crippen LogP contribution < -0.4 is 10.1 Å². The number of rotatable bonds is 4. The molecule has 0 saturated heterocycles. The number of nitrogens with zero attached hydrogens (tertiary/aromatic N) is 1. The third-order valence-corrected chi connectivity index (χ3v) is 3.63. The molecule has 16 heavy (non-hydrogen) atoms. The molecule has 0 spiro atoms. The molecule has 0 bridgehead atoms. The van der Waals surface area contributed by atoms with E-state index in [9.17, 15) is 0 Å². The Kier molecular flexibility index (Phi) is 3.79. The third-order valence-electron chi connectivity index (χ3n) is 2.01. The predicted octanol–water partition coefficient (Wildman–Crippen LogP) is 3.53. The van der Waals surface area contributed by atoms with E-state index in [4.69, 9.17) is 4.74 Å². The van der Waals surface area contributed by atoms with Crippen LogP contribution in [0.1, 0.15) is 4.88 Å². The smallest absolute Gasteiger partial charge is 0.214 e. The lowest BCUT2D eigenvalue weighted by molar-refractivity contribution is 0.398. The molecule has 0 aliphatic carbocycles. The molecule has 0 amide bonds. The van der Waals surface area contributed by atoms with Crippen molar-refractivity contribution in [2.45, 2.75) is 6.54 Å². The van der Waals surface area contributed by atoms with Gasteiger partial charge in [0.05, 0.1) is 17.4 Å². The summed E-state index contributed by atoms with van der Waals surface area (Å²) in [6, 6.07) is 9.79. The molecule has 0 aliphatic rings. The van der Waals surface area contributed by atoms with Crippen molar-refractivity contribution >= 4 is 33.1 Å². The number of hydrogen-bond donors (Lipinski definition) is 1. The maximum absolute atomic E-state index is 5.05. The topological polar surface area (TPSA) is 34.1 Å². The number of ether oxygens (including phenoxy) is 1. The maximum Gasteiger partial charge on any atom is 0.214 e. The molecule has 0 atom stereocenters. The van der Waals surface area contributed by atoms with E-state index in [1.165, 1.54) is 4.88 Å². The molecule has 0 aliphatic heterocycles. The molecule has 0 saturated carbocycles. The third kappa shape index (κ3) is 2.96. The van der Waals surface area contributed by atoms with Crippen LogP contribution in [0.3, 0.4) is 0 Å². The van der Waals surface area contributed by atoms with E-state index >= 15 is 0 Å². The van der Waals surface area contributed by atoms with Gasteiger partial charge in [0, 0.05) is 10.9 Å². The van der Waals surface area contributed by atoms with Crippen molar-refractivity contribution < 1.29 is 4.74 Å². The second-order valence-corrected chi connectivity index (χ2v) is 5.67. The average molecular weight is 299 g/mol. The Labute approximate surface area is 107 Å². The first-order chi connectivity index (χ1) is 7.78. The van der Waals surface area contributed by atoms with Gasteiger partial charge in [-0.15, -0.1) is 11.3 Å². The van der Waals surface area contributed by atoms with Crippen LogP contribution in [0.25, 0.3) is 0 Å². The molecule has 2 aromatic heterocycles. The van der Waals surface area contributed by atoms with E-state index in [0.717, 1.165) is 16.1 Å². The Morgan fingerprint density at radius 3 is 2.94 bits per heavy atom. The van der Waals surface area contributed by atoms with Crippen LogP contribution in [0, 0.1) is 0 Å². The maximum atomic E-state index is 5.05. The number of aromatic nitrogens is 1. The summed E-state index contributed by atoms with van der Waals surface area (Å²) in [5.41, 5.74) is 0. The molecule has 1 N–H and O–H groups in total. The highest BCUT2D eigenvalue weighted by Crippen LogP contribution is 2.22. The standard InChI is InChI=1S/C11H11BrN2OS/c1-15-11-4-2-3-10(14-11)13-7-8-5-6-9(12)16-8/h2-6H,7H2,1H3,(H,13,14). The average Bonchev–Trinajstić information content (AvgIpc) is 2.73. The van der Waals surface area contributed by atoms with E-state index in [1.807, 2.05) is 24.3 Å². The molecule has 0 fully saturated rings. The van der Waals surface area contributed by atoms with Crippen LogP contribution in [-0.2, 0) is 6.54 Å². The summed E-state index contributed by atoms with van der Waals surface area (Å²) < 4.78 is 6.20. The van der Waals surface area contributed by atoms with Gasteiger partial charge in [-0.05, 0) is 34.1 Å². The van der Waals surface area contributed by atoms with Gasteiger partial charge in [0.25, 0.3) is 0 Å². The van der Waals surface area contributed by atoms with Crippen LogP contribution >= 0.6 is 27.3 Å². The number of hydrogen-bond acceptors (Lipinski definition) is 4. The Hall–Kier alpha value is -1.07. The van der Waals surface area contributed by atoms with E-state index in [0.29, 0.717) is 5.88 Å². The summed E-state index contributed by atoms with van der Waals surface area (Å²) in [6.45, 7) is 0.774. The Bertz CT molecular complexity index is 473. The van der Waals surface area contributed by atoms with E-state index < -0.39 is 0 Å². The SMILES string of the molecule is COc1cccc(NCc2ccc(Br)s2)n1. The van der Waals surface area contributed by atoms with Gasteiger partial charge in [-0.1, -0.05) is 6.07 Å². The molecule has 2 rings (SSSR count). The van der Waals surface area contributed by atoms with Crippen molar-refractivity contribution in [3.63, 3.8) is 0 Å². The van der Waals surface area contributed by atoms with Gasteiger partial charge in [-0.25, -0.2) is 0 Å². The van der Waals surface area contributed by atoms with Crippen molar-refractivity contribution in [3.05, 3.63) is 39.0 Å². The molecule has 0 radical (unpaired) electrons. The molecular weight excluding hydrogens is 288 g/mol. The summed E-state index contributed by atoms with van der Waals surface area (Å²) >= 11 is 5.15. The fraction of sp³-hybridized carbons (Fsp3) is 0.182. The Morgan fingerprint density at radius 2 is 2.25 bits per heavy atom. The highest BCUT2D eigenvalue weighted by atomic mass is 79.9. The van der Waals surface area contributed by atoms with Crippen LogP contribution in [0.5, 0.6) is 5.88 Å². The van der Waals surface area contributed by atoms with E-state index in [2.05, 4.69) is 32.3 Å². The van der Waals surface area contributed by atoms with Crippen molar-refractivity contribution in [3.8, 4) is 5.88 Å². The highest BCUT2D eigenvalue weighted by Gasteiger charge is 1.99. The van der Waals surface area contributed by atoms with Crippen LogP contribution in [0.2, 0.25) is 0 Å². The molecule has 3 nitrogen and oxygen atoms in total.